The summed E-state index contributed by atoms with van der Waals surface area (Å²) in [5, 5.41) is 0. The van der Waals surface area contributed by atoms with Crippen LogP contribution >= 0.6 is 0 Å². The van der Waals surface area contributed by atoms with E-state index in [-0.39, 0.29) is 24.5 Å². The van der Waals surface area contributed by atoms with E-state index in [1.54, 1.807) is 18.3 Å². The predicted molar refractivity (Wildman–Crippen MR) is 72.6 cm³/mol. The van der Waals surface area contributed by atoms with E-state index >= 15 is 0 Å². The lowest BCUT2D eigenvalue weighted by atomic mass is 10.2. The number of rotatable bonds is 5. The molecule has 0 aliphatic carbocycles. The second kappa shape index (κ2) is 5.80. The molecule has 0 amide bonds. The van der Waals surface area contributed by atoms with E-state index in [9.17, 15) is 13.6 Å². The average molecular weight is 304 g/mol. The SMILES string of the molecule is O=COc1cnc2c(OCc3c(F)cccc3F)cccn12. The highest BCUT2D eigenvalue weighted by atomic mass is 19.1. The molecule has 7 heteroatoms. The van der Waals surface area contributed by atoms with Gasteiger partial charge in [-0.2, -0.15) is 0 Å². The number of pyridine rings is 1. The molecule has 0 spiro atoms. The Morgan fingerprint density at radius 1 is 1.18 bits per heavy atom. The fourth-order valence-corrected chi connectivity index (χ4v) is 2.03. The number of nitrogens with zero attached hydrogens (tertiary/aromatic N) is 2. The maximum absolute atomic E-state index is 13.6. The molecule has 0 atom stereocenters. The van der Waals surface area contributed by atoms with Crippen molar-refractivity contribution < 1.29 is 23.0 Å². The molecule has 0 bridgehead atoms. The van der Waals surface area contributed by atoms with Crippen molar-refractivity contribution in [3.63, 3.8) is 0 Å². The third kappa shape index (κ3) is 2.48. The van der Waals surface area contributed by atoms with E-state index in [2.05, 4.69) is 4.98 Å². The second-order valence-electron chi connectivity index (χ2n) is 4.37. The molecule has 0 radical (unpaired) electrons. The van der Waals surface area contributed by atoms with Crippen LogP contribution in [-0.4, -0.2) is 15.9 Å². The Hall–Kier alpha value is -2.96. The Balaban J connectivity index is 1.90. The summed E-state index contributed by atoms with van der Waals surface area (Å²) in [7, 11) is 0. The van der Waals surface area contributed by atoms with Gasteiger partial charge in [-0.1, -0.05) is 6.07 Å². The summed E-state index contributed by atoms with van der Waals surface area (Å²) in [6.45, 7) is 0.000612. The van der Waals surface area contributed by atoms with Crippen LogP contribution in [0.4, 0.5) is 8.78 Å². The lowest BCUT2D eigenvalue weighted by Crippen LogP contribution is -2.03. The summed E-state index contributed by atoms with van der Waals surface area (Å²) in [5.41, 5.74) is 0.205. The molecule has 0 aliphatic rings. The first-order valence-corrected chi connectivity index (χ1v) is 6.33. The molecular weight excluding hydrogens is 294 g/mol. The zero-order chi connectivity index (χ0) is 15.5. The minimum Gasteiger partial charge on any atom is -0.485 e. The average Bonchev–Trinajstić information content (AvgIpc) is 2.91. The molecule has 0 saturated heterocycles. The van der Waals surface area contributed by atoms with Gasteiger partial charge < -0.3 is 9.47 Å². The van der Waals surface area contributed by atoms with Crippen LogP contribution in [0.15, 0.2) is 42.7 Å². The van der Waals surface area contributed by atoms with E-state index in [0.717, 1.165) is 12.1 Å². The highest BCUT2D eigenvalue weighted by Crippen LogP contribution is 2.24. The Morgan fingerprint density at radius 3 is 2.68 bits per heavy atom. The molecule has 0 fully saturated rings. The van der Waals surface area contributed by atoms with Gasteiger partial charge in [-0.3, -0.25) is 9.20 Å². The number of halogens is 2. The minimum atomic E-state index is -0.680. The van der Waals surface area contributed by atoms with Crippen molar-refractivity contribution in [2.45, 2.75) is 6.61 Å². The number of hydrogen-bond donors (Lipinski definition) is 0. The monoisotopic (exact) mass is 304 g/mol. The number of benzene rings is 1. The molecule has 2 heterocycles. The quantitative estimate of drug-likeness (QED) is 0.680. The van der Waals surface area contributed by atoms with Crippen LogP contribution in [0.2, 0.25) is 0 Å². The van der Waals surface area contributed by atoms with Crippen LogP contribution in [0, 0.1) is 11.6 Å². The van der Waals surface area contributed by atoms with Crippen LogP contribution in [0.25, 0.3) is 5.65 Å². The molecule has 5 nitrogen and oxygen atoms in total. The fraction of sp³-hybridized carbons (Fsp3) is 0.0667. The zero-order valence-corrected chi connectivity index (χ0v) is 11.2. The molecule has 0 aliphatic heterocycles. The predicted octanol–water partition coefficient (Wildman–Crippen LogP) is 2.73. The highest BCUT2D eigenvalue weighted by Gasteiger charge is 2.12. The summed E-state index contributed by atoms with van der Waals surface area (Å²) in [4.78, 5) is 14.5. The van der Waals surface area contributed by atoms with E-state index in [0.29, 0.717) is 11.4 Å². The van der Waals surface area contributed by atoms with Gasteiger partial charge >= 0.3 is 0 Å². The van der Waals surface area contributed by atoms with E-state index in [4.69, 9.17) is 9.47 Å². The second-order valence-corrected chi connectivity index (χ2v) is 4.37. The number of carbonyl (C=O) groups excluding carboxylic acids is 1. The fourth-order valence-electron chi connectivity index (χ4n) is 2.03. The molecule has 0 saturated carbocycles. The largest absolute Gasteiger partial charge is 0.485 e. The highest BCUT2D eigenvalue weighted by molar-refractivity contribution is 5.57. The van der Waals surface area contributed by atoms with Gasteiger partial charge in [0, 0.05) is 6.20 Å². The smallest absolute Gasteiger partial charge is 0.299 e. The minimum absolute atomic E-state index is 0.166. The summed E-state index contributed by atoms with van der Waals surface area (Å²) < 4.78 is 38.8. The van der Waals surface area contributed by atoms with Crippen molar-refractivity contribution in [1.82, 2.24) is 9.38 Å². The number of fused-ring (bicyclic) bond motifs is 1. The normalized spacial score (nSPS) is 10.6. The number of imidazole rings is 1. The molecule has 112 valence electrons. The van der Waals surface area contributed by atoms with Gasteiger partial charge in [0.1, 0.15) is 18.2 Å². The zero-order valence-electron chi connectivity index (χ0n) is 11.2. The standard InChI is InChI=1S/C15H10F2N2O3/c16-11-3-1-4-12(17)10(11)8-21-13-5-2-6-19-14(22-9-20)7-18-15(13)19/h1-7,9H,8H2. The van der Waals surface area contributed by atoms with Crippen LogP contribution < -0.4 is 9.47 Å². The van der Waals surface area contributed by atoms with Crippen molar-refractivity contribution in [3.8, 4) is 11.6 Å². The van der Waals surface area contributed by atoms with Crippen LogP contribution in [0.3, 0.4) is 0 Å². The van der Waals surface area contributed by atoms with Crippen LogP contribution in [0.5, 0.6) is 11.6 Å². The molecule has 1 aromatic carbocycles. The number of ether oxygens (including phenoxy) is 2. The molecule has 0 N–H and O–H groups in total. The number of aromatic nitrogens is 2. The topological polar surface area (TPSA) is 52.8 Å². The molecule has 0 unspecified atom stereocenters. The Bertz CT molecular complexity index is 813. The summed E-state index contributed by atoms with van der Waals surface area (Å²) >= 11 is 0. The first-order chi connectivity index (χ1) is 10.7. The summed E-state index contributed by atoms with van der Waals surface area (Å²) in [6, 6.07) is 6.85. The first-order valence-electron chi connectivity index (χ1n) is 6.33. The Labute approximate surface area is 123 Å². The molecule has 3 aromatic rings. The lowest BCUT2D eigenvalue weighted by Gasteiger charge is -2.09. The number of hydrogen-bond acceptors (Lipinski definition) is 4. The van der Waals surface area contributed by atoms with E-state index < -0.39 is 11.6 Å². The van der Waals surface area contributed by atoms with Crippen molar-refractivity contribution in [3.05, 3.63) is 59.9 Å². The van der Waals surface area contributed by atoms with Crippen LogP contribution in [0.1, 0.15) is 5.56 Å². The van der Waals surface area contributed by atoms with Gasteiger partial charge in [-0.05, 0) is 24.3 Å². The number of carbonyl (C=O) groups is 1. The Morgan fingerprint density at radius 2 is 1.95 bits per heavy atom. The maximum Gasteiger partial charge on any atom is 0.299 e. The van der Waals surface area contributed by atoms with Gasteiger partial charge in [0.15, 0.2) is 11.4 Å². The van der Waals surface area contributed by atoms with Crippen molar-refractivity contribution >= 4 is 12.1 Å². The van der Waals surface area contributed by atoms with Gasteiger partial charge in [0.05, 0.1) is 11.8 Å². The van der Waals surface area contributed by atoms with Crippen molar-refractivity contribution in [1.29, 1.82) is 0 Å². The molecule has 3 rings (SSSR count). The molecule has 22 heavy (non-hydrogen) atoms. The maximum atomic E-state index is 13.6. The van der Waals surface area contributed by atoms with Crippen LogP contribution in [-0.2, 0) is 11.4 Å². The molecule has 2 aromatic heterocycles. The summed E-state index contributed by atoms with van der Waals surface area (Å²) in [6.07, 6.45) is 2.97. The van der Waals surface area contributed by atoms with Gasteiger partial charge in [-0.25, -0.2) is 13.8 Å². The van der Waals surface area contributed by atoms with E-state index in [1.165, 1.54) is 16.7 Å². The van der Waals surface area contributed by atoms with E-state index in [1.807, 2.05) is 0 Å². The van der Waals surface area contributed by atoms with Crippen molar-refractivity contribution in [2.24, 2.45) is 0 Å². The van der Waals surface area contributed by atoms with Crippen molar-refractivity contribution in [2.75, 3.05) is 0 Å². The third-order valence-electron chi connectivity index (χ3n) is 3.07. The molecular formula is C15H10F2N2O3. The first kappa shape index (κ1) is 14.0. The van der Waals surface area contributed by atoms with Gasteiger partial charge in [0.2, 0.25) is 5.88 Å². The Kier molecular flexibility index (Phi) is 3.69. The van der Waals surface area contributed by atoms with Gasteiger partial charge in [-0.15, -0.1) is 0 Å². The summed E-state index contributed by atoms with van der Waals surface area (Å²) in [5.74, 6) is -0.834. The van der Waals surface area contributed by atoms with Gasteiger partial charge in [0.25, 0.3) is 6.47 Å². The third-order valence-corrected chi connectivity index (χ3v) is 3.07. The lowest BCUT2D eigenvalue weighted by molar-refractivity contribution is -0.121.